The number of hydrogen-bond acceptors (Lipinski definition) is 3. The first-order valence-corrected chi connectivity index (χ1v) is 8.16. The molecule has 1 aromatic carbocycles. The van der Waals surface area contributed by atoms with E-state index in [0.29, 0.717) is 17.9 Å². The topological polar surface area (TPSA) is 60.2 Å². The lowest BCUT2D eigenvalue weighted by Crippen LogP contribution is -2.35. The molecule has 0 bridgehead atoms. The molecule has 6 heteroatoms. The zero-order valence-corrected chi connectivity index (χ0v) is 12.1. The van der Waals surface area contributed by atoms with E-state index in [1.165, 1.54) is 18.2 Å². The normalized spacial score (nSPS) is 25.1. The third-order valence-electron chi connectivity index (χ3n) is 3.33. The van der Waals surface area contributed by atoms with Crippen molar-refractivity contribution in [1.29, 1.82) is 0 Å². The zero-order valence-electron chi connectivity index (χ0n) is 9.77. The predicted molar refractivity (Wildman–Crippen MR) is 73.9 cm³/mol. The first kappa shape index (κ1) is 14.1. The van der Waals surface area contributed by atoms with Crippen LogP contribution in [-0.4, -0.2) is 19.7 Å². The molecule has 0 heterocycles. The van der Waals surface area contributed by atoms with Crippen LogP contribution in [0.25, 0.3) is 0 Å². The minimum absolute atomic E-state index is 0.0266. The number of halogens is 2. The van der Waals surface area contributed by atoms with Crippen molar-refractivity contribution in [2.75, 3.05) is 0 Å². The number of nitrogens with two attached hydrogens (primary N) is 1. The van der Waals surface area contributed by atoms with Crippen molar-refractivity contribution in [3.8, 4) is 0 Å². The van der Waals surface area contributed by atoms with Crippen molar-refractivity contribution in [2.45, 2.75) is 41.9 Å². The lowest BCUT2D eigenvalue weighted by atomic mass is 9.96. The molecular formula is C12H15Cl2NO2S. The van der Waals surface area contributed by atoms with Crippen molar-refractivity contribution >= 4 is 33.0 Å². The summed E-state index contributed by atoms with van der Waals surface area (Å²) < 4.78 is 24.9. The average molecular weight is 308 g/mol. The second-order valence-corrected chi connectivity index (χ2v) is 7.71. The van der Waals surface area contributed by atoms with Gasteiger partial charge in [0.05, 0.1) is 20.2 Å². The second kappa shape index (κ2) is 5.37. The highest BCUT2D eigenvalue weighted by Gasteiger charge is 2.31. The van der Waals surface area contributed by atoms with Crippen LogP contribution in [0.4, 0.5) is 0 Å². The number of rotatable bonds is 2. The van der Waals surface area contributed by atoms with Crippen molar-refractivity contribution < 1.29 is 8.42 Å². The summed E-state index contributed by atoms with van der Waals surface area (Å²) in [5, 5.41) is 0.215. The van der Waals surface area contributed by atoms with Crippen LogP contribution in [0.5, 0.6) is 0 Å². The van der Waals surface area contributed by atoms with Crippen LogP contribution in [-0.2, 0) is 9.84 Å². The maximum atomic E-state index is 12.4. The van der Waals surface area contributed by atoms with Crippen LogP contribution >= 0.6 is 23.2 Å². The Labute approximate surface area is 117 Å². The van der Waals surface area contributed by atoms with E-state index in [4.69, 9.17) is 28.9 Å². The van der Waals surface area contributed by atoms with Crippen LogP contribution < -0.4 is 5.73 Å². The Bertz CT molecular complexity index is 545. The Kier molecular flexibility index (Phi) is 4.22. The van der Waals surface area contributed by atoms with Gasteiger partial charge in [0.25, 0.3) is 0 Å². The van der Waals surface area contributed by atoms with Gasteiger partial charge < -0.3 is 5.73 Å². The molecule has 2 unspecified atom stereocenters. The fourth-order valence-corrected chi connectivity index (χ4v) is 4.57. The van der Waals surface area contributed by atoms with Crippen LogP contribution in [0.2, 0.25) is 10.0 Å². The van der Waals surface area contributed by atoms with Gasteiger partial charge in [-0.2, -0.15) is 0 Å². The van der Waals surface area contributed by atoms with E-state index in [1.807, 2.05) is 0 Å². The summed E-state index contributed by atoms with van der Waals surface area (Å²) in [6.07, 6.45) is 2.93. The smallest absolute Gasteiger partial charge is 0.181 e. The van der Waals surface area contributed by atoms with Gasteiger partial charge in [-0.1, -0.05) is 29.6 Å². The molecule has 1 aliphatic carbocycles. The monoisotopic (exact) mass is 307 g/mol. The van der Waals surface area contributed by atoms with Gasteiger partial charge in [0.1, 0.15) is 0 Å². The molecule has 0 saturated heterocycles. The van der Waals surface area contributed by atoms with Crippen molar-refractivity contribution in [3.63, 3.8) is 0 Å². The molecule has 2 N–H and O–H groups in total. The van der Waals surface area contributed by atoms with E-state index in [-0.39, 0.29) is 16.0 Å². The molecule has 0 aromatic heterocycles. The molecule has 0 aliphatic heterocycles. The highest BCUT2D eigenvalue weighted by Crippen LogP contribution is 2.31. The largest absolute Gasteiger partial charge is 0.328 e. The molecule has 1 aromatic rings. The molecule has 18 heavy (non-hydrogen) atoms. The number of hydrogen-bond donors (Lipinski definition) is 1. The van der Waals surface area contributed by atoms with Gasteiger partial charge in [-0.3, -0.25) is 0 Å². The molecule has 0 spiro atoms. The fourth-order valence-electron chi connectivity index (χ4n) is 2.31. The van der Waals surface area contributed by atoms with Gasteiger partial charge in [0.2, 0.25) is 0 Å². The first-order chi connectivity index (χ1) is 8.41. The van der Waals surface area contributed by atoms with Gasteiger partial charge >= 0.3 is 0 Å². The van der Waals surface area contributed by atoms with Crippen LogP contribution in [0.1, 0.15) is 25.7 Å². The van der Waals surface area contributed by atoms with Crippen molar-refractivity contribution in [3.05, 3.63) is 28.2 Å². The Hall–Kier alpha value is -0.290. The summed E-state index contributed by atoms with van der Waals surface area (Å²) in [6.45, 7) is 0. The molecule has 3 nitrogen and oxygen atoms in total. The van der Waals surface area contributed by atoms with Gasteiger partial charge in [0, 0.05) is 6.04 Å². The standard InChI is InChI=1S/C12H15Cl2NO2S/c13-11-5-4-10(7-12(11)14)18(16,17)9-3-1-2-8(15)6-9/h4-5,7-9H,1-3,6,15H2. The van der Waals surface area contributed by atoms with E-state index < -0.39 is 15.1 Å². The minimum Gasteiger partial charge on any atom is -0.328 e. The summed E-state index contributed by atoms with van der Waals surface area (Å²) in [5.41, 5.74) is 5.84. The SMILES string of the molecule is NC1CCCC(S(=O)(=O)c2ccc(Cl)c(Cl)c2)C1. The van der Waals surface area contributed by atoms with E-state index in [1.54, 1.807) is 0 Å². The van der Waals surface area contributed by atoms with E-state index >= 15 is 0 Å². The van der Waals surface area contributed by atoms with Gasteiger partial charge in [-0.25, -0.2) is 8.42 Å². The van der Waals surface area contributed by atoms with Gasteiger partial charge in [-0.15, -0.1) is 0 Å². The molecule has 2 rings (SSSR count). The van der Waals surface area contributed by atoms with Crippen molar-refractivity contribution in [1.82, 2.24) is 0 Å². The molecule has 1 aliphatic rings. The Morgan fingerprint density at radius 2 is 1.89 bits per heavy atom. The Balaban J connectivity index is 2.32. The fraction of sp³-hybridized carbons (Fsp3) is 0.500. The third-order valence-corrected chi connectivity index (χ3v) is 6.28. The summed E-state index contributed by atoms with van der Waals surface area (Å²) in [6, 6.07) is 4.41. The third kappa shape index (κ3) is 2.82. The summed E-state index contributed by atoms with van der Waals surface area (Å²) in [5.74, 6) is 0. The maximum Gasteiger partial charge on any atom is 0.181 e. The minimum atomic E-state index is -3.36. The number of sulfone groups is 1. The van der Waals surface area contributed by atoms with Crippen molar-refractivity contribution in [2.24, 2.45) is 5.73 Å². The maximum absolute atomic E-state index is 12.4. The highest BCUT2D eigenvalue weighted by molar-refractivity contribution is 7.92. The molecule has 100 valence electrons. The molecule has 0 radical (unpaired) electrons. The number of benzene rings is 1. The van der Waals surface area contributed by atoms with Crippen LogP contribution in [0.15, 0.2) is 23.1 Å². The summed E-state index contributed by atoms with van der Waals surface area (Å²) in [4.78, 5) is 0.232. The van der Waals surface area contributed by atoms with Gasteiger partial charge in [0.15, 0.2) is 9.84 Å². The average Bonchev–Trinajstić information content (AvgIpc) is 2.32. The molecule has 1 saturated carbocycles. The van der Waals surface area contributed by atoms with Crippen LogP contribution in [0, 0.1) is 0 Å². The predicted octanol–water partition coefficient (Wildman–Crippen LogP) is 3.04. The lowest BCUT2D eigenvalue weighted by Gasteiger charge is -2.26. The molecule has 2 atom stereocenters. The van der Waals surface area contributed by atoms with Crippen LogP contribution in [0.3, 0.4) is 0 Å². The lowest BCUT2D eigenvalue weighted by molar-refractivity contribution is 0.433. The zero-order chi connectivity index (χ0) is 13.3. The summed E-state index contributed by atoms with van der Waals surface area (Å²) >= 11 is 11.7. The van der Waals surface area contributed by atoms with Gasteiger partial charge in [-0.05, 0) is 37.5 Å². The summed E-state index contributed by atoms with van der Waals surface area (Å²) in [7, 11) is -3.36. The second-order valence-electron chi connectivity index (χ2n) is 4.67. The van der Waals surface area contributed by atoms with E-state index in [0.717, 1.165) is 12.8 Å². The first-order valence-electron chi connectivity index (χ1n) is 5.86. The quantitative estimate of drug-likeness (QED) is 0.913. The van der Waals surface area contributed by atoms with E-state index in [2.05, 4.69) is 0 Å². The Morgan fingerprint density at radius 1 is 1.17 bits per heavy atom. The Morgan fingerprint density at radius 3 is 2.50 bits per heavy atom. The molecule has 0 amide bonds. The molecule has 1 fully saturated rings. The molecular weight excluding hydrogens is 293 g/mol. The highest BCUT2D eigenvalue weighted by atomic mass is 35.5. The van der Waals surface area contributed by atoms with E-state index in [9.17, 15) is 8.42 Å².